The average Bonchev–Trinajstić information content (AvgIpc) is 3.26. The van der Waals surface area contributed by atoms with Crippen molar-refractivity contribution in [2.75, 3.05) is 11.2 Å². The van der Waals surface area contributed by atoms with Gasteiger partial charge in [0.15, 0.2) is 9.84 Å². The number of nitrogens with one attached hydrogen (secondary N) is 1. The summed E-state index contributed by atoms with van der Waals surface area (Å²) < 4.78 is 80.6. The van der Waals surface area contributed by atoms with Gasteiger partial charge in [-0.15, -0.1) is 0 Å². The molecule has 2 heterocycles. The molecule has 204 valence electrons. The Bertz CT molecular complexity index is 1440. The van der Waals surface area contributed by atoms with E-state index in [1.54, 1.807) is 0 Å². The van der Waals surface area contributed by atoms with Crippen LogP contribution in [0, 0.1) is 5.82 Å². The van der Waals surface area contributed by atoms with Crippen molar-refractivity contribution in [2.24, 2.45) is 0 Å². The fourth-order valence-electron chi connectivity index (χ4n) is 4.63. The quantitative estimate of drug-likeness (QED) is 0.415. The molecular weight excluding hydrogens is 528 g/mol. The number of halogens is 4. The van der Waals surface area contributed by atoms with Crippen LogP contribution in [-0.2, 0) is 16.3 Å². The number of rotatable bonds is 6. The molecule has 0 radical (unpaired) electrons. The van der Waals surface area contributed by atoms with E-state index in [0.29, 0.717) is 34.7 Å². The first-order valence-corrected chi connectivity index (χ1v) is 13.7. The zero-order chi connectivity index (χ0) is 27.8. The van der Waals surface area contributed by atoms with E-state index in [0.717, 1.165) is 6.26 Å². The van der Waals surface area contributed by atoms with Crippen molar-refractivity contribution >= 4 is 21.6 Å². The van der Waals surface area contributed by atoms with Gasteiger partial charge in [-0.05, 0) is 61.2 Å². The maximum atomic E-state index is 14.1. The minimum Gasteiger partial charge on any atom is -0.507 e. The first-order valence-electron chi connectivity index (χ1n) is 11.8. The number of sulfone groups is 1. The van der Waals surface area contributed by atoms with E-state index in [4.69, 9.17) is 0 Å². The number of hydrogen-bond donors (Lipinski definition) is 2. The molecule has 0 saturated carbocycles. The van der Waals surface area contributed by atoms with Crippen LogP contribution in [0.1, 0.15) is 43.5 Å². The standard InChI is InChI=1S/C25H26F4N4O4S/c1-3-4-18(15-5-11-22(21(34)13-15)38(2,36)37)31-24(35)32-20-14-30-33(17-8-6-16(26)7-9-17)19(20)10-12-23(32)25(27,28)29/h5-9,11,13-14,18,23,34H,3-4,10,12H2,1-2H3,(H,31,35)/t18-,23?/m0/s1. The number of fused-ring (bicyclic) bond motifs is 1. The Labute approximate surface area is 216 Å². The molecule has 8 nitrogen and oxygen atoms in total. The summed E-state index contributed by atoms with van der Waals surface area (Å²) in [6.45, 7) is 1.81. The highest BCUT2D eigenvalue weighted by molar-refractivity contribution is 7.90. The van der Waals surface area contributed by atoms with E-state index in [1.807, 2.05) is 6.92 Å². The molecule has 0 saturated heterocycles. The zero-order valence-corrected chi connectivity index (χ0v) is 21.4. The molecule has 0 spiro atoms. The molecule has 0 fully saturated rings. The van der Waals surface area contributed by atoms with Crippen LogP contribution in [-0.4, -0.2) is 47.8 Å². The maximum Gasteiger partial charge on any atom is 0.409 e. The smallest absolute Gasteiger partial charge is 0.409 e. The topological polar surface area (TPSA) is 105 Å². The normalized spacial score (nSPS) is 16.7. The van der Waals surface area contributed by atoms with Gasteiger partial charge >= 0.3 is 12.2 Å². The first-order chi connectivity index (χ1) is 17.8. The highest BCUT2D eigenvalue weighted by atomic mass is 32.2. The Morgan fingerprint density at radius 2 is 1.89 bits per heavy atom. The van der Waals surface area contributed by atoms with E-state index in [-0.39, 0.29) is 17.0 Å². The SMILES string of the molecule is CCC[C@H](NC(=O)N1c2cnn(-c3ccc(F)cc3)c2CCC1C(F)(F)F)c1ccc(S(C)(=O)=O)c(O)c1. The largest absolute Gasteiger partial charge is 0.507 e. The summed E-state index contributed by atoms with van der Waals surface area (Å²) >= 11 is 0. The number of aromatic nitrogens is 2. The minimum atomic E-state index is -4.72. The number of carbonyl (C=O) groups excluding carboxylic acids is 1. The third-order valence-electron chi connectivity index (χ3n) is 6.40. The van der Waals surface area contributed by atoms with Crippen molar-refractivity contribution in [1.29, 1.82) is 0 Å². The Hall–Kier alpha value is -3.61. The molecule has 13 heteroatoms. The highest BCUT2D eigenvalue weighted by Crippen LogP contribution is 2.39. The van der Waals surface area contributed by atoms with Crippen molar-refractivity contribution in [3.8, 4) is 11.4 Å². The van der Waals surface area contributed by atoms with Gasteiger partial charge in [-0.3, -0.25) is 4.90 Å². The summed E-state index contributed by atoms with van der Waals surface area (Å²) in [5.41, 5.74) is 1.12. The predicted molar refractivity (Wildman–Crippen MR) is 132 cm³/mol. The minimum absolute atomic E-state index is 0.0140. The Morgan fingerprint density at radius 3 is 2.47 bits per heavy atom. The van der Waals surface area contributed by atoms with Gasteiger partial charge in [0.25, 0.3) is 0 Å². The van der Waals surface area contributed by atoms with Gasteiger partial charge < -0.3 is 10.4 Å². The van der Waals surface area contributed by atoms with Gasteiger partial charge in [0.05, 0.1) is 29.3 Å². The van der Waals surface area contributed by atoms with Crippen LogP contribution >= 0.6 is 0 Å². The molecular formula is C25H26F4N4O4S. The third-order valence-corrected chi connectivity index (χ3v) is 7.54. The van der Waals surface area contributed by atoms with Gasteiger partial charge in [-0.2, -0.15) is 18.3 Å². The summed E-state index contributed by atoms with van der Waals surface area (Å²) in [7, 11) is -3.71. The molecule has 2 atom stereocenters. The predicted octanol–water partition coefficient (Wildman–Crippen LogP) is 5.06. The summed E-state index contributed by atoms with van der Waals surface area (Å²) in [4.78, 5) is 13.8. The second-order valence-corrected chi connectivity index (χ2v) is 11.1. The second-order valence-electron chi connectivity index (χ2n) is 9.12. The number of amides is 2. The molecule has 1 aliphatic heterocycles. The molecule has 0 bridgehead atoms. The molecule has 2 aromatic carbocycles. The molecule has 2 N–H and O–H groups in total. The molecule has 1 unspecified atom stereocenters. The number of phenols is 1. The number of aromatic hydroxyl groups is 1. The monoisotopic (exact) mass is 554 g/mol. The van der Waals surface area contributed by atoms with Gasteiger partial charge in [0.2, 0.25) is 0 Å². The van der Waals surface area contributed by atoms with E-state index >= 15 is 0 Å². The molecule has 1 aliphatic rings. The number of alkyl halides is 3. The fourth-order valence-corrected chi connectivity index (χ4v) is 5.38. The summed E-state index contributed by atoms with van der Waals surface area (Å²) in [5.74, 6) is -1.00. The lowest BCUT2D eigenvalue weighted by Crippen LogP contribution is -2.55. The van der Waals surface area contributed by atoms with Crippen molar-refractivity contribution < 1.29 is 35.9 Å². The van der Waals surface area contributed by atoms with Crippen LogP contribution in [0.2, 0.25) is 0 Å². The van der Waals surface area contributed by atoms with Gasteiger partial charge in [0, 0.05) is 6.26 Å². The van der Waals surface area contributed by atoms with Crippen LogP contribution in [0.5, 0.6) is 5.75 Å². The van der Waals surface area contributed by atoms with Crippen molar-refractivity contribution in [2.45, 2.75) is 55.8 Å². The third kappa shape index (κ3) is 5.47. The Kier molecular flexibility index (Phi) is 7.42. The van der Waals surface area contributed by atoms with Crippen LogP contribution in [0.3, 0.4) is 0 Å². The summed E-state index contributed by atoms with van der Waals surface area (Å²) in [5, 5.41) is 17.1. The molecule has 38 heavy (non-hydrogen) atoms. The lowest BCUT2D eigenvalue weighted by molar-refractivity contribution is -0.149. The number of phenolic OH excluding ortho intramolecular Hbond substituents is 1. The van der Waals surface area contributed by atoms with E-state index in [1.165, 1.54) is 53.3 Å². The second kappa shape index (κ2) is 10.3. The number of benzene rings is 2. The van der Waals surface area contributed by atoms with Crippen LogP contribution in [0.15, 0.2) is 53.6 Å². The summed E-state index contributed by atoms with van der Waals surface area (Å²) in [6.07, 6.45) is -2.17. The van der Waals surface area contributed by atoms with Crippen molar-refractivity contribution in [3.63, 3.8) is 0 Å². The maximum absolute atomic E-state index is 14.1. The number of nitrogens with zero attached hydrogens (tertiary/aromatic N) is 3. The molecule has 1 aromatic heterocycles. The number of urea groups is 1. The van der Waals surface area contributed by atoms with Crippen LogP contribution in [0.25, 0.3) is 5.69 Å². The molecule has 0 aliphatic carbocycles. The summed E-state index contributed by atoms with van der Waals surface area (Å²) in [6, 6.07) is 5.14. The van der Waals surface area contributed by atoms with E-state index in [2.05, 4.69) is 10.4 Å². The molecule has 4 rings (SSSR count). The van der Waals surface area contributed by atoms with Gasteiger partial charge in [-0.25, -0.2) is 22.3 Å². The van der Waals surface area contributed by atoms with Crippen molar-refractivity contribution in [1.82, 2.24) is 15.1 Å². The number of carbonyl (C=O) groups is 1. The molecule has 2 amide bonds. The molecule has 3 aromatic rings. The zero-order valence-electron chi connectivity index (χ0n) is 20.5. The van der Waals surface area contributed by atoms with Gasteiger partial charge in [-0.1, -0.05) is 19.4 Å². The lowest BCUT2D eigenvalue weighted by atomic mass is 9.99. The average molecular weight is 555 g/mol. The first kappa shape index (κ1) is 27.4. The lowest BCUT2D eigenvalue weighted by Gasteiger charge is -2.37. The highest BCUT2D eigenvalue weighted by Gasteiger charge is 2.49. The number of anilines is 1. The fraction of sp³-hybridized carbons (Fsp3) is 0.360. The Morgan fingerprint density at radius 1 is 1.21 bits per heavy atom. The van der Waals surface area contributed by atoms with Crippen LogP contribution in [0.4, 0.5) is 28.0 Å². The van der Waals surface area contributed by atoms with E-state index in [9.17, 15) is 35.9 Å². The van der Waals surface area contributed by atoms with Crippen molar-refractivity contribution in [3.05, 3.63) is 65.7 Å². The Balaban J connectivity index is 1.70. The van der Waals surface area contributed by atoms with Gasteiger partial charge in [0.1, 0.15) is 22.5 Å². The number of hydrogen-bond acceptors (Lipinski definition) is 5. The van der Waals surface area contributed by atoms with Crippen LogP contribution < -0.4 is 10.2 Å². The van der Waals surface area contributed by atoms with E-state index < -0.39 is 52.1 Å².